The molecule has 36 heavy (non-hydrogen) atoms. The minimum Gasteiger partial charge on any atom is -0.507 e. The molecule has 0 saturated heterocycles. The highest BCUT2D eigenvalue weighted by Gasteiger charge is 2.28. The van der Waals surface area contributed by atoms with Crippen molar-refractivity contribution in [2.45, 2.75) is 65.5 Å². The highest BCUT2D eigenvalue weighted by Crippen LogP contribution is 2.39. The second-order valence-corrected chi connectivity index (χ2v) is 11.5. The largest absolute Gasteiger partial charge is 0.507 e. The summed E-state index contributed by atoms with van der Waals surface area (Å²) in [4.78, 5) is 26.2. The number of nitro groups is 2. The molecule has 0 atom stereocenters. The Hall–Kier alpha value is -3.24. The molecule has 10 heteroatoms. The molecule has 0 aliphatic carbocycles. The monoisotopic (exact) mass is 502 g/mol. The summed E-state index contributed by atoms with van der Waals surface area (Å²) in [5.41, 5.74) is 0.406. The Kier molecular flexibility index (Phi) is 8.69. The molecule has 0 aliphatic rings. The summed E-state index contributed by atoms with van der Waals surface area (Å²) >= 11 is 0. The number of phenols is 2. The van der Waals surface area contributed by atoms with Crippen molar-refractivity contribution in [1.29, 1.82) is 0 Å². The molecule has 0 aliphatic heterocycles. The molecule has 10 nitrogen and oxygen atoms in total. The van der Waals surface area contributed by atoms with Crippen LogP contribution in [0, 0.1) is 20.2 Å². The lowest BCUT2D eigenvalue weighted by Gasteiger charge is -2.28. The van der Waals surface area contributed by atoms with Crippen molar-refractivity contribution < 1.29 is 20.1 Å². The maximum Gasteiger partial charge on any atom is 0.270 e. The first-order chi connectivity index (χ1) is 16.4. The summed E-state index contributed by atoms with van der Waals surface area (Å²) in [6.07, 6.45) is 0. The molecule has 2 aromatic carbocycles. The number of benzene rings is 2. The zero-order valence-corrected chi connectivity index (χ0v) is 22.5. The van der Waals surface area contributed by atoms with Gasteiger partial charge in [0.25, 0.3) is 11.4 Å². The van der Waals surface area contributed by atoms with E-state index in [4.69, 9.17) is 0 Å². The summed E-state index contributed by atoms with van der Waals surface area (Å²) in [6.45, 7) is 12.6. The molecule has 0 heterocycles. The number of hydrogen-bond donors (Lipinski definition) is 2. The molecule has 0 unspecified atom stereocenters. The Balaban J connectivity index is 2.60. The fourth-order valence-corrected chi connectivity index (χ4v) is 3.99. The molecule has 0 saturated carbocycles. The van der Waals surface area contributed by atoms with Crippen LogP contribution in [0.25, 0.3) is 0 Å². The Labute approximate surface area is 212 Å². The molecule has 0 spiro atoms. The number of rotatable bonds is 9. The fraction of sp³-hybridized carbons (Fsp3) is 0.538. The van der Waals surface area contributed by atoms with Crippen LogP contribution < -0.4 is 0 Å². The van der Waals surface area contributed by atoms with Gasteiger partial charge in [-0.3, -0.25) is 25.1 Å². The Morgan fingerprint density at radius 2 is 1.08 bits per heavy atom. The predicted molar refractivity (Wildman–Crippen MR) is 140 cm³/mol. The Bertz CT molecular complexity index is 1050. The highest BCUT2D eigenvalue weighted by molar-refractivity contribution is 5.53. The molecule has 2 aromatic rings. The average Bonchev–Trinajstić information content (AvgIpc) is 2.72. The number of nitro benzene ring substituents is 2. The molecule has 2 N–H and O–H groups in total. The molecule has 0 amide bonds. The number of aromatic hydroxyl groups is 2. The van der Waals surface area contributed by atoms with E-state index in [9.17, 15) is 30.4 Å². The van der Waals surface area contributed by atoms with Gasteiger partial charge in [-0.05, 0) is 24.9 Å². The zero-order valence-electron chi connectivity index (χ0n) is 22.5. The smallest absolute Gasteiger partial charge is 0.270 e. The number of phenolic OH excluding ortho intramolecular Hbond substituents is 2. The molecule has 0 bridgehead atoms. The van der Waals surface area contributed by atoms with E-state index in [1.54, 1.807) is 0 Å². The van der Waals surface area contributed by atoms with Gasteiger partial charge in [0.05, 0.1) is 9.85 Å². The van der Waals surface area contributed by atoms with Crippen LogP contribution in [0.1, 0.15) is 63.8 Å². The van der Waals surface area contributed by atoms with Crippen LogP contribution in [-0.4, -0.2) is 57.0 Å². The maximum absolute atomic E-state index is 11.6. The van der Waals surface area contributed by atoms with Gasteiger partial charge in [-0.1, -0.05) is 41.5 Å². The second-order valence-electron chi connectivity index (χ2n) is 11.5. The van der Waals surface area contributed by atoms with E-state index in [-0.39, 0.29) is 36.0 Å². The summed E-state index contributed by atoms with van der Waals surface area (Å²) in [6, 6.07) is 5.51. The van der Waals surface area contributed by atoms with Crippen LogP contribution in [0.2, 0.25) is 0 Å². The van der Waals surface area contributed by atoms with E-state index in [0.717, 1.165) is 0 Å². The van der Waals surface area contributed by atoms with Crippen LogP contribution in [0.3, 0.4) is 0 Å². The predicted octanol–water partition coefficient (Wildman–Crippen LogP) is 5.07. The van der Waals surface area contributed by atoms with Gasteiger partial charge in [0.15, 0.2) is 0 Å². The van der Waals surface area contributed by atoms with Crippen molar-refractivity contribution in [3.63, 3.8) is 0 Å². The Morgan fingerprint density at radius 3 is 1.36 bits per heavy atom. The molecular weight excluding hydrogens is 464 g/mol. The van der Waals surface area contributed by atoms with Crippen LogP contribution in [-0.2, 0) is 23.9 Å². The van der Waals surface area contributed by atoms with Crippen LogP contribution in [0.15, 0.2) is 24.3 Å². The van der Waals surface area contributed by atoms with Crippen molar-refractivity contribution in [1.82, 2.24) is 9.80 Å². The lowest BCUT2D eigenvalue weighted by atomic mass is 9.84. The summed E-state index contributed by atoms with van der Waals surface area (Å²) in [5, 5.41) is 45.3. The van der Waals surface area contributed by atoms with Gasteiger partial charge in [-0.2, -0.15) is 0 Å². The van der Waals surface area contributed by atoms with Gasteiger partial charge in [0, 0.05) is 72.7 Å². The van der Waals surface area contributed by atoms with E-state index < -0.39 is 20.7 Å². The normalized spacial score (nSPS) is 12.4. The Morgan fingerprint density at radius 1 is 0.722 bits per heavy atom. The van der Waals surface area contributed by atoms with E-state index in [1.165, 1.54) is 24.3 Å². The van der Waals surface area contributed by atoms with Crippen molar-refractivity contribution >= 4 is 11.4 Å². The van der Waals surface area contributed by atoms with Gasteiger partial charge in [-0.15, -0.1) is 0 Å². The minimum absolute atomic E-state index is 0.0124. The van der Waals surface area contributed by atoms with Gasteiger partial charge in [0.2, 0.25) is 0 Å². The SMILES string of the molecule is CN(C)CCN(Cc1cc([N+](=O)[O-])cc(C(C)(C)C)c1O)Cc1cc([N+](=O)[O-])cc(C(C)(C)C)c1O. The number of likely N-dealkylation sites (N-methyl/N-ethyl adjacent to an activating group) is 1. The second kappa shape index (κ2) is 10.8. The van der Waals surface area contributed by atoms with Crippen LogP contribution in [0.5, 0.6) is 11.5 Å². The molecule has 0 fully saturated rings. The molecule has 0 radical (unpaired) electrons. The summed E-state index contributed by atoms with van der Waals surface area (Å²) < 4.78 is 0. The van der Waals surface area contributed by atoms with Gasteiger partial charge < -0.3 is 15.1 Å². The first-order valence-electron chi connectivity index (χ1n) is 11.8. The maximum atomic E-state index is 11.6. The van der Waals surface area contributed by atoms with Crippen molar-refractivity contribution in [3.8, 4) is 11.5 Å². The molecule has 2 rings (SSSR count). The van der Waals surface area contributed by atoms with Crippen molar-refractivity contribution in [2.75, 3.05) is 27.2 Å². The third kappa shape index (κ3) is 7.14. The third-order valence-electron chi connectivity index (χ3n) is 6.04. The molecule has 198 valence electrons. The van der Waals surface area contributed by atoms with Crippen molar-refractivity contribution in [2.24, 2.45) is 0 Å². The first kappa shape index (κ1) is 29.0. The third-order valence-corrected chi connectivity index (χ3v) is 6.04. The van der Waals surface area contributed by atoms with Gasteiger partial charge in [0.1, 0.15) is 11.5 Å². The van der Waals surface area contributed by atoms with Gasteiger partial charge >= 0.3 is 0 Å². The lowest BCUT2D eigenvalue weighted by Crippen LogP contribution is -2.31. The fourth-order valence-electron chi connectivity index (χ4n) is 3.99. The average molecular weight is 503 g/mol. The van der Waals surface area contributed by atoms with E-state index in [0.29, 0.717) is 35.3 Å². The minimum atomic E-state index is -0.529. The van der Waals surface area contributed by atoms with E-state index in [1.807, 2.05) is 65.4 Å². The summed E-state index contributed by atoms with van der Waals surface area (Å²) in [5.74, 6) is -0.0248. The topological polar surface area (TPSA) is 133 Å². The van der Waals surface area contributed by atoms with Crippen LogP contribution in [0.4, 0.5) is 11.4 Å². The quantitative estimate of drug-likeness (QED) is 0.358. The van der Waals surface area contributed by atoms with Crippen molar-refractivity contribution in [3.05, 3.63) is 66.7 Å². The van der Waals surface area contributed by atoms with Gasteiger partial charge in [-0.25, -0.2) is 0 Å². The number of hydrogen-bond acceptors (Lipinski definition) is 8. The molecule has 0 aromatic heterocycles. The first-order valence-corrected chi connectivity index (χ1v) is 11.8. The summed E-state index contributed by atoms with van der Waals surface area (Å²) in [7, 11) is 3.81. The molecular formula is C26H38N4O6. The van der Waals surface area contributed by atoms with E-state index in [2.05, 4.69) is 0 Å². The number of non-ortho nitro benzene ring substituents is 2. The van der Waals surface area contributed by atoms with Crippen LogP contribution >= 0.6 is 0 Å². The van der Waals surface area contributed by atoms with E-state index >= 15 is 0 Å². The highest BCUT2D eigenvalue weighted by atomic mass is 16.6. The zero-order chi connectivity index (χ0) is 27.6. The lowest BCUT2D eigenvalue weighted by molar-refractivity contribution is -0.385. The number of nitrogens with zero attached hydrogens (tertiary/aromatic N) is 4. The standard InChI is InChI=1S/C26H38N4O6/c1-25(2,3)21-13-19(29(33)34)11-17(23(21)31)15-28(10-9-27(7)8)16-18-12-20(30(35)36)14-22(24(18)32)26(4,5)6/h11-14,31-32H,9-10,15-16H2,1-8H3.